The van der Waals surface area contributed by atoms with E-state index in [1.54, 1.807) is 0 Å². The third kappa shape index (κ3) is 2.32. The zero-order valence-corrected chi connectivity index (χ0v) is 10.2. The molecule has 0 spiro atoms. The van der Waals surface area contributed by atoms with E-state index in [0.717, 1.165) is 15.9 Å². The highest BCUT2D eigenvalue weighted by Crippen LogP contribution is 2.20. The number of halogens is 2. The highest BCUT2D eigenvalue weighted by Gasteiger charge is 2.05. The number of benzene rings is 1. The van der Waals surface area contributed by atoms with Crippen LogP contribution in [-0.4, -0.2) is 9.36 Å². The van der Waals surface area contributed by atoms with Crippen LogP contribution in [0.3, 0.4) is 0 Å². The van der Waals surface area contributed by atoms with Crippen molar-refractivity contribution < 1.29 is 0 Å². The van der Waals surface area contributed by atoms with Crippen molar-refractivity contribution in [3.8, 4) is 0 Å². The Kier molecular flexibility index (Phi) is 3.15. The van der Waals surface area contributed by atoms with E-state index in [-0.39, 0.29) is 0 Å². The minimum absolute atomic E-state index is 0.331. The smallest absolute Gasteiger partial charge is 0.209 e. The molecule has 1 aromatic heterocycles. The minimum atomic E-state index is 0.331. The topological polar surface area (TPSA) is 25.8 Å². The van der Waals surface area contributed by atoms with Gasteiger partial charge in [-0.05, 0) is 34.8 Å². The number of rotatable bonds is 2. The summed E-state index contributed by atoms with van der Waals surface area (Å²) in [4.78, 5) is 4.10. The molecule has 0 amide bonds. The number of hydrogen-bond acceptors (Lipinski definition) is 3. The summed E-state index contributed by atoms with van der Waals surface area (Å²) in [6.45, 7) is 0. The van der Waals surface area contributed by atoms with Crippen LogP contribution in [0.25, 0.3) is 0 Å². The molecule has 2 aromatic rings. The van der Waals surface area contributed by atoms with E-state index < -0.39 is 0 Å². The van der Waals surface area contributed by atoms with Gasteiger partial charge >= 0.3 is 0 Å². The molecule has 0 saturated carbocycles. The fraction of sp³-hybridized carbons (Fsp3) is 0.111. The van der Waals surface area contributed by atoms with Gasteiger partial charge in [-0.1, -0.05) is 34.1 Å². The molecule has 0 aliphatic heterocycles. The summed E-state index contributed by atoms with van der Waals surface area (Å²) < 4.78 is 5.01. The van der Waals surface area contributed by atoms with E-state index >= 15 is 0 Å². The van der Waals surface area contributed by atoms with Crippen LogP contribution < -0.4 is 0 Å². The molecule has 2 rings (SSSR count). The normalized spacial score (nSPS) is 10.4. The average molecular weight is 290 g/mol. The van der Waals surface area contributed by atoms with Crippen LogP contribution in [-0.2, 0) is 6.42 Å². The molecule has 0 saturated heterocycles. The van der Waals surface area contributed by atoms with Crippen molar-refractivity contribution >= 4 is 39.1 Å². The molecule has 0 atom stereocenters. The SMILES string of the molecule is Clc1nsc(Cc2ccccc2Br)n1. The highest BCUT2D eigenvalue weighted by molar-refractivity contribution is 9.10. The third-order valence-corrected chi connectivity index (χ3v) is 3.50. The molecule has 14 heavy (non-hydrogen) atoms. The standard InChI is InChI=1S/C9H6BrClN2S/c10-7-4-2-1-3-6(7)5-8-12-9(11)13-14-8/h1-4H,5H2. The van der Waals surface area contributed by atoms with Crippen molar-refractivity contribution in [1.82, 2.24) is 9.36 Å². The van der Waals surface area contributed by atoms with Crippen molar-refractivity contribution in [3.05, 3.63) is 44.6 Å². The second-order valence-corrected chi connectivity index (χ2v) is 4.75. The average Bonchev–Trinajstić information content (AvgIpc) is 2.56. The number of hydrogen-bond donors (Lipinski definition) is 0. The van der Waals surface area contributed by atoms with Gasteiger partial charge in [-0.2, -0.15) is 4.37 Å². The van der Waals surface area contributed by atoms with Crippen LogP contribution in [0.4, 0.5) is 0 Å². The van der Waals surface area contributed by atoms with E-state index in [4.69, 9.17) is 11.6 Å². The monoisotopic (exact) mass is 288 g/mol. The first-order valence-electron chi connectivity index (χ1n) is 3.97. The molecule has 2 nitrogen and oxygen atoms in total. The lowest BCUT2D eigenvalue weighted by molar-refractivity contribution is 1.12. The second-order valence-electron chi connectivity index (χ2n) is 2.73. The fourth-order valence-electron chi connectivity index (χ4n) is 1.11. The molecule has 0 aliphatic carbocycles. The first-order chi connectivity index (χ1) is 6.75. The highest BCUT2D eigenvalue weighted by atomic mass is 79.9. The lowest BCUT2D eigenvalue weighted by atomic mass is 10.2. The van der Waals surface area contributed by atoms with Crippen LogP contribution in [0.5, 0.6) is 0 Å². The van der Waals surface area contributed by atoms with Gasteiger partial charge in [0.2, 0.25) is 5.28 Å². The van der Waals surface area contributed by atoms with Gasteiger partial charge < -0.3 is 0 Å². The Morgan fingerprint density at radius 3 is 2.79 bits per heavy atom. The fourth-order valence-corrected chi connectivity index (χ4v) is 2.36. The summed E-state index contributed by atoms with van der Waals surface area (Å²) in [5, 5.41) is 1.26. The van der Waals surface area contributed by atoms with Crippen molar-refractivity contribution in [1.29, 1.82) is 0 Å². The van der Waals surface area contributed by atoms with Gasteiger partial charge in [0.15, 0.2) is 0 Å². The van der Waals surface area contributed by atoms with Crippen LogP contribution >= 0.6 is 39.1 Å². The zero-order chi connectivity index (χ0) is 9.97. The molecule has 5 heteroatoms. The van der Waals surface area contributed by atoms with Gasteiger partial charge in [0, 0.05) is 10.9 Å². The quantitative estimate of drug-likeness (QED) is 0.845. The Bertz CT molecular complexity index is 444. The second kappa shape index (κ2) is 4.38. The van der Waals surface area contributed by atoms with Crippen LogP contribution in [0.15, 0.2) is 28.7 Å². The van der Waals surface area contributed by atoms with Crippen molar-refractivity contribution in [2.75, 3.05) is 0 Å². The van der Waals surface area contributed by atoms with Gasteiger partial charge in [-0.25, -0.2) is 4.98 Å². The van der Waals surface area contributed by atoms with E-state index in [2.05, 4.69) is 31.4 Å². The predicted octanol–water partition coefficient (Wildman–Crippen LogP) is 3.54. The van der Waals surface area contributed by atoms with Crippen molar-refractivity contribution in [3.63, 3.8) is 0 Å². The molecule has 72 valence electrons. The summed E-state index contributed by atoms with van der Waals surface area (Å²) in [6.07, 6.45) is 0.770. The van der Waals surface area contributed by atoms with Gasteiger partial charge in [0.05, 0.1) is 0 Å². The maximum Gasteiger partial charge on any atom is 0.234 e. The Morgan fingerprint density at radius 2 is 2.14 bits per heavy atom. The summed E-state index contributed by atoms with van der Waals surface area (Å²) in [6, 6.07) is 8.06. The summed E-state index contributed by atoms with van der Waals surface area (Å²) >= 11 is 10.5. The summed E-state index contributed by atoms with van der Waals surface area (Å²) in [5.41, 5.74) is 1.19. The van der Waals surface area contributed by atoms with Gasteiger partial charge in [0.1, 0.15) is 5.01 Å². The number of aromatic nitrogens is 2. The van der Waals surface area contributed by atoms with Crippen LogP contribution in [0.1, 0.15) is 10.6 Å². The lowest BCUT2D eigenvalue weighted by Gasteiger charge is -1.99. The molecule has 0 radical (unpaired) electrons. The summed E-state index contributed by atoms with van der Waals surface area (Å²) in [7, 11) is 0. The largest absolute Gasteiger partial charge is 0.234 e. The van der Waals surface area contributed by atoms with Crippen LogP contribution in [0.2, 0.25) is 5.28 Å². The Balaban J connectivity index is 2.23. The maximum absolute atomic E-state index is 5.64. The molecule has 1 heterocycles. The first-order valence-corrected chi connectivity index (χ1v) is 5.91. The molecular formula is C9H6BrClN2S. The van der Waals surface area contributed by atoms with Gasteiger partial charge in [-0.3, -0.25) is 0 Å². The molecule has 0 N–H and O–H groups in total. The van der Waals surface area contributed by atoms with E-state index in [9.17, 15) is 0 Å². The minimum Gasteiger partial charge on any atom is -0.209 e. The molecule has 1 aromatic carbocycles. The number of nitrogens with zero attached hydrogens (tertiary/aromatic N) is 2. The molecule has 0 aliphatic rings. The van der Waals surface area contributed by atoms with E-state index in [1.807, 2.05) is 18.2 Å². The first kappa shape index (κ1) is 10.1. The Labute approximate surface area is 99.2 Å². The third-order valence-electron chi connectivity index (χ3n) is 1.74. The maximum atomic E-state index is 5.64. The lowest BCUT2D eigenvalue weighted by Crippen LogP contribution is -1.87. The molecule has 0 unspecified atom stereocenters. The molecule has 0 bridgehead atoms. The Morgan fingerprint density at radius 1 is 1.36 bits per heavy atom. The van der Waals surface area contributed by atoms with E-state index in [0.29, 0.717) is 5.28 Å². The summed E-state index contributed by atoms with van der Waals surface area (Å²) in [5.74, 6) is 0. The van der Waals surface area contributed by atoms with Gasteiger partial charge in [0.25, 0.3) is 0 Å². The van der Waals surface area contributed by atoms with E-state index in [1.165, 1.54) is 17.1 Å². The predicted molar refractivity (Wildman–Crippen MR) is 61.9 cm³/mol. The van der Waals surface area contributed by atoms with Gasteiger partial charge in [-0.15, -0.1) is 0 Å². The van der Waals surface area contributed by atoms with Crippen molar-refractivity contribution in [2.24, 2.45) is 0 Å². The Hall–Kier alpha value is -0.450. The molecular weight excluding hydrogens is 284 g/mol. The van der Waals surface area contributed by atoms with Crippen LogP contribution in [0, 0.1) is 0 Å². The molecule has 0 fully saturated rings. The zero-order valence-electron chi connectivity index (χ0n) is 7.08. The van der Waals surface area contributed by atoms with Crippen molar-refractivity contribution in [2.45, 2.75) is 6.42 Å².